The third-order valence-electron chi connectivity index (χ3n) is 2.46. The summed E-state index contributed by atoms with van der Waals surface area (Å²) >= 11 is 0. The molecule has 0 aromatic carbocycles. The van der Waals surface area contributed by atoms with Crippen LogP contribution >= 0.6 is 0 Å². The first-order valence-corrected chi connectivity index (χ1v) is 5.59. The van der Waals surface area contributed by atoms with Crippen LogP contribution in [0.15, 0.2) is 18.3 Å². The second kappa shape index (κ2) is 6.80. The number of nitrogens with one attached hydrogen (secondary N) is 1. The van der Waals surface area contributed by atoms with E-state index < -0.39 is 4.92 Å². The third kappa shape index (κ3) is 4.36. The first kappa shape index (κ1) is 13.4. The molecular formula is C11H17N3O3. The average molecular weight is 239 g/mol. The lowest BCUT2D eigenvalue weighted by Crippen LogP contribution is -2.08. The monoisotopic (exact) mass is 239 g/mol. The molecule has 0 amide bonds. The highest BCUT2D eigenvalue weighted by molar-refractivity contribution is 5.54. The Kier molecular flexibility index (Phi) is 5.35. The zero-order chi connectivity index (χ0) is 12.7. The minimum atomic E-state index is -0.453. The van der Waals surface area contributed by atoms with Crippen LogP contribution in [0.25, 0.3) is 0 Å². The maximum atomic E-state index is 10.7. The van der Waals surface area contributed by atoms with Crippen molar-refractivity contribution in [3.63, 3.8) is 0 Å². The van der Waals surface area contributed by atoms with Gasteiger partial charge in [-0.1, -0.05) is 6.92 Å². The quantitative estimate of drug-likeness (QED) is 0.430. The van der Waals surface area contributed by atoms with Crippen LogP contribution in [0.2, 0.25) is 0 Å². The van der Waals surface area contributed by atoms with Gasteiger partial charge in [0.2, 0.25) is 5.82 Å². The summed E-state index contributed by atoms with van der Waals surface area (Å²) in [5.41, 5.74) is -0.0114. The lowest BCUT2D eigenvalue weighted by molar-refractivity contribution is -0.384. The van der Waals surface area contributed by atoms with Gasteiger partial charge in [0.1, 0.15) is 0 Å². The number of aliphatic hydroxyl groups excluding tert-OH is 1. The molecule has 0 saturated heterocycles. The van der Waals surface area contributed by atoms with Crippen molar-refractivity contribution in [1.29, 1.82) is 0 Å². The zero-order valence-corrected chi connectivity index (χ0v) is 9.80. The number of anilines is 1. The number of aliphatic hydroxyl groups is 1. The lowest BCUT2D eigenvalue weighted by atomic mass is 10.1. The minimum Gasteiger partial charge on any atom is -0.396 e. The molecule has 0 fully saturated rings. The van der Waals surface area contributed by atoms with E-state index >= 15 is 0 Å². The van der Waals surface area contributed by atoms with Crippen LogP contribution in [0.5, 0.6) is 0 Å². The Bertz CT molecular complexity index is 371. The average Bonchev–Trinajstić information content (AvgIpc) is 2.34. The maximum Gasteiger partial charge on any atom is 0.311 e. The predicted octanol–water partition coefficient (Wildman–Crippen LogP) is 1.81. The van der Waals surface area contributed by atoms with Crippen molar-refractivity contribution in [2.45, 2.75) is 19.8 Å². The fourth-order valence-corrected chi connectivity index (χ4v) is 1.43. The standard InChI is InChI=1S/C11H17N3O3/c1-9(8-15)4-2-6-12-11-10(14(16)17)5-3-7-13-11/h3,5,7,9,15H,2,4,6,8H2,1H3,(H,12,13). The molecule has 17 heavy (non-hydrogen) atoms. The fraction of sp³-hybridized carbons (Fsp3) is 0.545. The number of nitrogens with zero attached hydrogens (tertiary/aromatic N) is 2. The molecule has 1 aromatic rings. The van der Waals surface area contributed by atoms with E-state index in [-0.39, 0.29) is 18.2 Å². The van der Waals surface area contributed by atoms with Crippen LogP contribution in [0.4, 0.5) is 11.5 Å². The van der Waals surface area contributed by atoms with Crippen molar-refractivity contribution in [3.8, 4) is 0 Å². The molecule has 1 rings (SSSR count). The summed E-state index contributed by atoms with van der Waals surface area (Å²) in [6.45, 7) is 2.75. The molecule has 6 nitrogen and oxygen atoms in total. The maximum absolute atomic E-state index is 10.7. The smallest absolute Gasteiger partial charge is 0.311 e. The van der Waals surface area contributed by atoms with Gasteiger partial charge in [0.05, 0.1) is 4.92 Å². The second-order valence-corrected chi connectivity index (χ2v) is 3.98. The molecule has 0 aliphatic rings. The molecule has 0 saturated carbocycles. The van der Waals surface area contributed by atoms with Crippen LogP contribution in [0.3, 0.4) is 0 Å². The molecular weight excluding hydrogens is 222 g/mol. The summed E-state index contributed by atoms with van der Waals surface area (Å²) < 4.78 is 0. The van der Waals surface area contributed by atoms with Crippen LogP contribution in [-0.4, -0.2) is 28.2 Å². The van der Waals surface area contributed by atoms with Gasteiger partial charge in [-0.15, -0.1) is 0 Å². The molecule has 0 spiro atoms. The van der Waals surface area contributed by atoms with E-state index in [1.807, 2.05) is 6.92 Å². The number of aromatic nitrogens is 1. The molecule has 1 unspecified atom stereocenters. The molecule has 0 radical (unpaired) electrons. The van der Waals surface area contributed by atoms with E-state index in [4.69, 9.17) is 5.11 Å². The summed E-state index contributed by atoms with van der Waals surface area (Å²) in [5.74, 6) is 0.560. The Hall–Kier alpha value is -1.69. The molecule has 2 N–H and O–H groups in total. The van der Waals surface area contributed by atoms with Crippen LogP contribution in [0, 0.1) is 16.0 Å². The number of nitro groups is 1. The lowest BCUT2D eigenvalue weighted by Gasteiger charge is -2.08. The Morgan fingerprint density at radius 3 is 3.06 bits per heavy atom. The first-order chi connectivity index (χ1) is 8.15. The zero-order valence-electron chi connectivity index (χ0n) is 9.80. The summed E-state index contributed by atoms with van der Waals surface area (Å²) in [7, 11) is 0. The van der Waals surface area contributed by atoms with Gasteiger partial charge < -0.3 is 10.4 Å². The topological polar surface area (TPSA) is 88.3 Å². The molecule has 1 atom stereocenters. The Morgan fingerprint density at radius 2 is 2.41 bits per heavy atom. The van der Waals surface area contributed by atoms with Crippen LogP contribution in [-0.2, 0) is 0 Å². The van der Waals surface area contributed by atoms with E-state index in [1.54, 1.807) is 0 Å². The minimum absolute atomic E-state index is 0.0114. The predicted molar refractivity (Wildman–Crippen MR) is 64.9 cm³/mol. The van der Waals surface area contributed by atoms with Crippen molar-refractivity contribution in [1.82, 2.24) is 4.98 Å². The van der Waals surface area contributed by atoms with E-state index in [0.717, 1.165) is 12.8 Å². The van der Waals surface area contributed by atoms with E-state index in [2.05, 4.69) is 10.3 Å². The molecule has 0 aliphatic carbocycles. The Balaban J connectivity index is 2.44. The third-order valence-corrected chi connectivity index (χ3v) is 2.46. The van der Waals surface area contributed by atoms with Gasteiger partial charge in [-0.25, -0.2) is 4.98 Å². The first-order valence-electron chi connectivity index (χ1n) is 5.59. The van der Waals surface area contributed by atoms with Crippen molar-refractivity contribution in [3.05, 3.63) is 28.4 Å². The SMILES string of the molecule is CC(CO)CCCNc1ncccc1[N+](=O)[O-]. The second-order valence-electron chi connectivity index (χ2n) is 3.98. The number of rotatable bonds is 7. The van der Waals surface area contributed by atoms with Gasteiger partial charge in [-0.2, -0.15) is 0 Å². The summed E-state index contributed by atoms with van der Waals surface area (Å²) in [4.78, 5) is 14.2. The molecule has 1 aromatic heterocycles. The van der Waals surface area contributed by atoms with Gasteiger partial charge in [-0.3, -0.25) is 10.1 Å². The number of pyridine rings is 1. The highest BCUT2D eigenvalue weighted by Gasteiger charge is 2.13. The van der Waals surface area contributed by atoms with Crippen LogP contribution < -0.4 is 5.32 Å². The fourth-order valence-electron chi connectivity index (χ4n) is 1.43. The number of hydrogen-bond donors (Lipinski definition) is 2. The van der Waals surface area contributed by atoms with Crippen LogP contribution in [0.1, 0.15) is 19.8 Å². The van der Waals surface area contributed by atoms with E-state index in [0.29, 0.717) is 12.4 Å². The normalized spacial score (nSPS) is 12.1. The van der Waals surface area contributed by atoms with E-state index in [9.17, 15) is 10.1 Å². The summed E-state index contributed by atoms with van der Waals surface area (Å²) in [5, 5.41) is 22.5. The highest BCUT2D eigenvalue weighted by Crippen LogP contribution is 2.20. The molecule has 1 heterocycles. The van der Waals surface area contributed by atoms with Gasteiger partial charge >= 0.3 is 5.69 Å². The molecule has 0 aliphatic heterocycles. The van der Waals surface area contributed by atoms with Gasteiger partial charge in [0.25, 0.3) is 0 Å². The summed E-state index contributed by atoms with van der Waals surface area (Å²) in [6, 6.07) is 2.96. The van der Waals surface area contributed by atoms with Crippen molar-refractivity contribution in [2.24, 2.45) is 5.92 Å². The number of hydrogen-bond acceptors (Lipinski definition) is 5. The largest absolute Gasteiger partial charge is 0.396 e. The highest BCUT2D eigenvalue weighted by atomic mass is 16.6. The van der Waals surface area contributed by atoms with Gasteiger partial charge in [-0.05, 0) is 24.8 Å². The van der Waals surface area contributed by atoms with Crippen molar-refractivity contribution < 1.29 is 10.0 Å². The van der Waals surface area contributed by atoms with Crippen molar-refractivity contribution >= 4 is 11.5 Å². The summed E-state index contributed by atoms with van der Waals surface area (Å²) in [6.07, 6.45) is 3.24. The molecule has 0 bridgehead atoms. The van der Waals surface area contributed by atoms with Crippen molar-refractivity contribution in [2.75, 3.05) is 18.5 Å². The Labute approximate surface area is 99.8 Å². The van der Waals surface area contributed by atoms with Gasteiger partial charge in [0, 0.05) is 25.4 Å². The Morgan fingerprint density at radius 1 is 1.65 bits per heavy atom. The molecule has 94 valence electrons. The molecule has 6 heteroatoms. The van der Waals surface area contributed by atoms with Gasteiger partial charge in [0.15, 0.2) is 0 Å². The van der Waals surface area contributed by atoms with E-state index in [1.165, 1.54) is 18.3 Å².